The minimum atomic E-state index is -0.803. The number of benzene rings is 2. The lowest BCUT2D eigenvalue weighted by atomic mass is 10.0. The van der Waals surface area contributed by atoms with Crippen molar-refractivity contribution < 1.29 is 19.0 Å². The van der Waals surface area contributed by atoms with Crippen molar-refractivity contribution in [3.05, 3.63) is 59.9 Å². The lowest BCUT2D eigenvalue weighted by Crippen LogP contribution is -2.09. The molecule has 134 valence electrons. The van der Waals surface area contributed by atoms with E-state index in [9.17, 15) is 9.18 Å². The zero-order valence-electron chi connectivity index (χ0n) is 14.7. The van der Waals surface area contributed by atoms with Crippen LogP contribution in [0.5, 0.6) is 0 Å². The summed E-state index contributed by atoms with van der Waals surface area (Å²) in [6.07, 6.45) is 6.69. The minimum Gasteiger partial charge on any atom is -0.293 e. The molecule has 2 aromatic carbocycles. The predicted molar refractivity (Wildman–Crippen MR) is 96.6 cm³/mol. The summed E-state index contributed by atoms with van der Waals surface area (Å²) in [6.45, 7) is 2.51. The van der Waals surface area contributed by atoms with Crippen LogP contribution in [0.25, 0.3) is 11.1 Å². The van der Waals surface area contributed by atoms with E-state index in [0.717, 1.165) is 24.8 Å². The van der Waals surface area contributed by atoms with Crippen LogP contribution in [-0.4, -0.2) is 12.6 Å². The first-order valence-corrected chi connectivity index (χ1v) is 8.91. The van der Waals surface area contributed by atoms with E-state index in [1.165, 1.54) is 31.4 Å². The highest BCUT2D eigenvalue weighted by Crippen LogP contribution is 2.22. The molecule has 0 N–H and O–H groups in total. The minimum absolute atomic E-state index is 0.123. The van der Waals surface area contributed by atoms with Crippen LogP contribution in [0.4, 0.5) is 4.39 Å². The van der Waals surface area contributed by atoms with E-state index in [1.54, 1.807) is 6.07 Å². The molecule has 0 saturated carbocycles. The first-order valence-electron chi connectivity index (χ1n) is 8.91. The van der Waals surface area contributed by atoms with Gasteiger partial charge in [-0.25, -0.2) is 9.18 Å². The van der Waals surface area contributed by atoms with E-state index in [1.807, 2.05) is 30.3 Å². The number of unbranched alkanes of at least 4 members (excludes halogenated alkanes) is 5. The second-order valence-corrected chi connectivity index (χ2v) is 6.02. The van der Waals surface area contributed by atoms with Crippen LogP contribution < -0.4 is 0 Å². The number of halogens is 1. The number of rotatable bonds is 10. The third-order valence-corrected chi connectivity index (χ3v) is 4.01. The fourth-order valence-corrected chi connectivity index (χ4v) is 2.57. The lowest BCUT2D eigenvalue weighted by molar-refractivity contribution is -0.241. The third kappa shape index (κ3) is 6.31. The molecule has 0 aliphatic heterocycles. The van der Waals surface area contributed by atoms with E-state index in [-0.39, 0.29) is 5.56 Å². The number of carbonyl (C=O) groups is 1. The average Bonchev–Trinajstić information content (AvgIpc) is 2.64. The van der Waals surface area contributed by atoms with Crippen LogP contribution >= 0.6 is 0 Å². The molecule has 0 atom stereocenters. The van der Waals surface area contributed by atoms with Crippen molar-refractivity contribution in [1.82, 2.24) is 0 Å². The van der Waals surface area contributed by atoms with Crippen molar-refractivity contribution >= 4 is 5.97 Å². The molecule has 0 unspecified atom stereocenters. The second kappa shape index (κ2) is 10.6. The van der Waals surface area contributed by atoms with Crippen LogP contribution in [0.2, 0.25) is 0 Å². The lowest BCUT2D eigenvalue weighted by Gasteiger charge is -2.07. The van der Waals surface area contributed by atoms with E-state index < -0.39 is 11.8 Å². The fraction of sp³-hybridized carbons (Fsp3) is 0.381. The summed E-state index contributed by atoms with van der Waals surface area (Å²) in [6, 6.07) is 13.9. The van der Waals surface area contributed by atoms with Gasteiger partial charge in [0.1, 0.15) is 5.82 Å². The third-order valence-electron chi connectivity index (χ3n) is 4.01. The molecule has 2 rings (SSSR count). The fourth-order valence-electron chi connectivity index (χ4n) is 2.57. The van der Waals surface area contributed by atoms with Crippen LogP contribution in [0.15, 0.2) is 48.5 Å². The van der Waals surface area contributed by atoms with Gasteiger partial charge in [-0.2, -0.15) is 4.89 Å². The highest BCUT2D eigenvalue weighted by molar-refractivity contribution is 5.90. The highest BCUT2D eigenvalue weighted by Gasteiger charge is 2.15. The molecule has 0 amide bonds. The van der Waals surface area contributed by atoms with Gasteiger partial charge in [-0.15, -0.1) is 0 Å². The predicted octanol–water partition coefficient (Wildman–Crippen LogP) is 5.94. The zero-order chi connectivity index (χ0) is 17.9. The van der Waals surface area contributed by atoms with Gasteiger partial charge in [-0.3, -0.25) is 4.89 Å². The molecule has 0 spiro atoms. The largest absolute Gasteiger partial charge is 0.376 e. The smallest absolute Gasteiger partial charge is 0.293 e. The topological polar surface area (TPSA) is 35.5 Å². The summed E-state index contributed by atoms with van der Waals surface area (Å²) in [5, 5.41) is 0. The summed E-state index contributed by atoms with van der Waals surface area (Å²) >= 11 is 0. The van der Waals surface area contributed by atoms with Crippen LogP contribution in [0, 0.1) is 5.82 Å². The Balaban J connectivity index is 1.78. The summed E-state index contributed by atoms with van der Waals surface area (Å²) in [5.74, 6) is -1.42. The molecule has 3 nitrogen and oxygen atoms in total. The molecule has 0 aliphatic carbocycles. The Bertz CT molecular complexity index is 655. The first-order chi connectivity index (χ1) is 12.2. The molecule has 2 aromatic rings. The Morgan fingerprint density at radius 3 is 2.36 bits per heavy atom. The molecule has 0 aromatic heterocycles. The van der Waals surface area contributed by atoms with Crippen molar-refractivity contribution in [3.63, 3.8) is 0 Å². The number of hydrogen-bond donors (Lipinski definition) is 0. The van der Waals surface area contributed by atoms with Crippen molar-refractivity contribution in [2.24, 2.45) is 0 Å². The van der Waals surface area contributed by atoms with Crippen molar-refractivity contribution in [3.8, 4) is 11.1 Å². The maximum atomic E-state index is 14.2. The molecular weight excluding hydrogens is 319 g/mol. The van der Waals surface area contributed by atoms with Crippen LogP contribution in [0.3, 0.4) is 0 Å². The molecule has 0 radical (unpaired) electrons. The Hall–Kier alpha value is -2.20. The maximum Gasteiger partial charge on any atom is 0.376 e. The highest BCUT2D eigenvalue weighted by atomic mass is 19.1. The Morgan fingerprint density at radius 1 is 0.920 bits per heavy atom. The van der Waals surface area contributed by atoms with Crippen LogP contribution in [0.1, 0.15) is 55.8 Å². The average molecular weight is 344 g/mol. The van der Waals surface area contributed by atoms with E-state index in [4.69, 9.17) is 9.78 Å². The standard InChI is InChI=1S/C21H25FO3/c1-2-3-4-5-6-10-15-24-25-21(23)19-14-13-18(16-20(19)22)17-11-8-7-9-12-17/h7-9,11-14,16H,2-6,10,15H2,1H3. The quantitative estimate of drug-likeness (QED) is 0.304. The summed E-state index contributed by atoms with van der Waals surface area (Å²) in [4.78, 5) is 21.5. The molecule has 0 fully saturated rings. The summed E-state index contributed by atoms with van der Waals surface area (Å²) in [7, 11) is 0. The molecule has 0 heterocycles. The molecule has 0 saturated heterocycles. The summed E-state index contributed by atoms with van der Waals surface area (Å²) in [5.41, 5.74) is 1.48. The van der Waals surface area contributed by atoms with Gasteiger partial charge in [0.2, 0.25) is 0 Å². The normalized spacial score (nSPS) is 10.6. The Kier molecular flexibility index (Phi) is 8.13. The second-order valence-electron chi connectivity index (χ2n) is 6.02. The van der Waals surface area contributed by atoms with Gasteiger partial charge in [-0.05, 0) is 29.7 Å². The zero-order valence-corrected chi connectivity index (χ0v) is 14.7. The molecule has 25 heavy (non-hydrogen) atoms. The van der Waals surface area contributed by atoms with Gasteiger partial charge in [0.25, 0.3) is 0 Å². The first kappa shape index (κ1) is 19.1. The van der Waals surface area contributed by atoms with Gasteiger partial charge in [-0.1, -0.05) is 75.4 Å². The van der Waals surface area contributed by atoms with Crippen molar-refractivity contribution in [1.29, 1.82) is 0 Å². The van der Waals surface area contributed by atoms with Crippen molar-refractivity contribution in [2.45, 2.75) is 45.4 Å². The monoisotopic (exact) mass is 344 g/mol. The summed E-state index contributed by atoms with van der Waals surface area (Å²) < 4.78 is 14.2. The van der Waals surface area contributed by atoms with Crippen molar-refractivity contribution in [2.75, 3.05) is 6.61 Å². The Morgan fingerprint density at radius 2 is 1.64 bits per heavy atom. The van der Waals surface area contributed by atoms with Crippen LogP contribution in [-0.2, 0) is 9.78 Å². The molecular formula is C21H25FO3. The number of hydrogen-bond acceptors (Lipinski definition) is 3. The molecule has 4 heteroatoms. The van der Waals surface area contributed by atoms with Gasteiger partial charge in [0, 0.05) is 0 Å². The maximum absolute atomic E-state index is 14.2. The van der Waals surface area contributed by atoms with E-state index in [2.05, 4.69) is 6.92 Å². The SMILES string of the molecule is CCCCCCCCOOC(=O)c1ccc(-c2ccccc2)cc1F. The van der Waals surface area contributed by atoms with Gasteiger partial charge >= 0.3 is 5.97 Å². The van der Waals surface area contributed by atoms with Gasteiger partial charge < -0.3 is 0 Å². The van der Waals surface area contributed by atoms with E-state index >= 15 is 0 Å². The van der Waals surface area contributed by atoms with E-state index in [0.29, 0.717) is 12.2 Å². The molecule has 0 aliphatic rings. The number of carbonyl (C=O) groups excluding carboxylic acids is 1. The Labute approximate surface area is 148 Å². The molecule has 0 bridgehead atoms. The van der Waals surface area contributed by atoms with Gasteiger partial charge in [0.15, 0.2) is 0 Å². The van der Waals surface area contributed by atoms with Gasteiger partial charge in [0.05, 0.1) is 12.2 Å².